The van der Waals surface area contributed by atoms with Crippen LogP contribution < -0.4 is 10.6 Å². The molecule has 1 rings (SSSR count). The van der Waals surface area contributed by atoms with E-state index < -0.39 is 5.97 Å². The molecule has 0 aliphatic heterocycles. The number of hydrogen-bond donors (Lipinski definition) is 3. The lowest BCUT2D eigenvalue weighted by Crippen LogP contribution is -2.43. The Hall–Kier alpha value is -1.26. The number of amides is 2. The van der Waals surface area contributed by atoms with Crippen molar-refractivity contribution >= 4 is 12.0 Å². The van der Waals surface area contributed by atoms with E-state index in [0.29, 0.717) is 6.54 Å². The lowest BCUT2D eigenvalue weighted by atomic mass is 10.1. The summed E-state index contributed by atoms with van der Waals surface area (Å²) < 4.78 is 0. The summed E-state index contributed by atoms with van der Waals surface area (Å²) in [5.41, 5.74) is 0.271. The molecule has 0 spiro atoms. The highest BCUT2D eigenvalue weighted by Gasteiger charge is 2.37. The minimum atomic E-state index is -0.906. The molecule has 0 saturated heterocycles. The van der Waals surface area contributed by atoms with Gasteiger partial charge >= 0.3 is 12.0 Å². The Balaban J connectivity index is 2.14. The molecule has 15 heavy (non-hydrogen) atoms. The Morgan fingerprint density at radius 3 is 2.53 bits per heavy atom. The van der Waals surface area contributed by atoms with Gasteiger partial charge in [-0.2, -0.15) is 0 Å². The summed E-state index contributed by atoms with van der Waals surface area (Å²) in [6, 6.07) is -0.619. The zero-order valence-electron chi connectivity index (χ0n) is 9.17. The number of carboxylic acids is 1. The van der Waals surface area contributed by atoms with Crippen LogP contribution in [0.5, 0.6) is 0 Å². The van der Waals surface area contributed by atoms with Crippen LogP contribution in [-0.2, 0) is 4.79 Å². The minimum absolute atomic E-state index is 0.0509. The standard InChI is InChI=1S/C10H18N2O3/c1-7(5-8(13)14)12-9(15)11-6-10(2)3-4-10/h7H,3-6H2,1-2H3,(H,13,14)(H2,11,12,15). The van der Waals surface area contributed by atoms with Crippen molar-refractivity contribution in [2.45, 2.75) is 39.2 Å². The molecular weight excluding hydrogens is 196 g/mol. The van der Waals surface area contributed by atoms with E-state index >= 15 is 0 Å². The zero-order chi connectivity index (χ0) is 11.5. The fourth-order valence-electron chi connectivity index (χ4n) is 1.27. The lowest BCUT2D eigenvalue weighted by molar-refractivity contribution is -0.137. The molecule has 0 bridgehead atoms. The van der Waals surface area contributed by atoms with Crippen LogP contribution in [0.1, 0.15) is 33.1 Å². The Morgan fingerprint density at radius 2 is 2.07 bits per heavy atom. The Labute approximate surface area is 89.2 Å². The third kappa shape index (κ3) is 4.67. The third-order valence-corrected chi connectivity index (χ3v) is 2.64. The van der Waals surface area contributed by atoms with Gasteiger partial charge in [-0.1, -0.05) is 6.92 Å². The molecule has 1 fully saturated rings. The van der Waals surface area contributed by atoms with E-state index in [2.05, 4.69) is 17.6 Å². The molecular formula is C10H18N2O3. The highest BCUT2D eigenvalue weighted by molar-refractivity contribution is 5.75. The van der Waals surface area contributed by atoms with E-state index in [-0.39, 0.29) is 23.9 Å². The first-order valence-electron chi connectivity index (χ1n) is 5.17. The molecule has 0 aromatic rings. The second kappa shape index (κ2) is 4.51. The van der Waals surface area contributed by atoms with Crippen molar-refractivity contribution in [2.24, 2.45) is 5.41 Å². The molecule has 0 heterocycles. The molecule has 86 valence electrons. The van der Waals surface area contributed by atoms with Gasteiger partial charge in [0.2, 0.25) is 0 Å². The molecule has 1 aliphatic carbocycles. The number of rotatable bonds is 5. The molecule has 2 amide bonds. The lowest BCUT2D eigenvalue weighted by Gasteiger charge is -2.14. The van der Waals surface area contributed by atoms with Gasteiger partial charge in [0, 0.05) is 12.6 Å². The molecule has 1 atom stereocenters. The van der Waals surface area contributed by atoms with Crippen molar-refractivity contribution in [3.8, 4) is 0 Å². The molecule has 1 unspecified atom stereocenters. The van der Waals surface area contributed by atoms with Crippen LogP contribution in [-0.4, -0.2) is 29.7 Å². The van der Waals surface area contributed by atoms with E-state index in [0.717, 1.165) is 12.8 Å². The van der Waals surface area contributed by atoms with Gasteiger partial charge in [0.1, 0.15) is 0 Å². The molecule has 3 N–H and O–H groups in total. The summed E-state index contributed by atoms with van der Waals surface area (Å²) in [6.45, 7) is 4.46. The molecule has 1 aliphatic rings. The Kier molecular flexibility index (Phi) is 3.55. The van der Waals surface area contributed by atoms with E-state index in [9.17, 15) is 9.59 Å². The van der Waals surface area contributed by atoms with Gasteiger partial charge < -0.3 is 15.7 Å². The SMILES string of the molecule is CC(CC(=O)O)NC(=O)NCC1(C)CC1. The van der Waals surface area contributed by atoms with Crippen LogP contribution in [0, 0.1) is 5.41 Å². The van der Waals surface area contributed by atoms with Gasteiger partial charge in [0.15, 0.2) is 0 Å². The predicted molar refractivity (Wildman–Crippen MR) is 55.6 cm³/mol. The summed E-state index contributed by atoms with van der Waals surface area (Å²) in [7, 11) is 0. The van der Waals surface area contributed by atoms with Gasteiger partial charge in [-0.05, 0) is 25.2 Å². The largest absolute Gasteiger partial charge is 0.481 e. The van der Waals surface area contributed by atoms with E-state index in [4.69, 9.17) is 5.11 Å². The molecule has 0 radical (unpaired) electrons. The fourth-order valence-corrected chi connectivity index (χ4v) is 1.27. The number of aliphatic carboxylic acids is 1. The maximum atomic E-state index is 11.3. The first-order chi connectivity index (χ1) is 6.91. The smallest absolute Gasteiger partial charge is 0.315 e. The quantitative estimate of drug-likeness (QED) is 0.637. The second-order valence-electron chi connectivity index (χ2n) is 4.64. The Bertz CT molecular complexity index is 261. The van der Waals surface area contributed by atoms with Crippen molar-refractivity contribution in [2.75, 3.05) is 6.54 Å². The average molecular weight is 214 g/mol. The Morgan fingerprint density at radius 1 is 1.47 bits per heavy atom. The van der Waals surface area contributed by atoms with Gasteiger partial charge in [-0.3, -0.25) is 4.79 Å². The van der Waals surface area contributed by atoms with E-state index in [1.807, 2.05) is 0 Å². The van der Waals surface area contributed by atoms with Crippen molar-refractivity contribution in [3.63, 3.8) is 0 Å². The molecule has 5 nitrogen and oxygen atoms in total. The second-order valence-corrected chi connectivity index (χ2v) is 4.64. The monoisotopic (exact) mass is 214 g/mol. The highest BCUT2D eigenvalue weighted by Crippen LogP contribution is 2.43. The van der Waals surface area contributed by atoms with Crippen molar-refractivity contribution < 1.29 is 14.7 Å². The van der Waals surface area contributed by atoms with Gasteiger partial charge in [0.05, 0.1) is 6.42 Å². The van der Waals surface area contributed by atoms with Crippen molar-refractivity contribution in [1.82, 2.24) is 10.6 Å². The van der Waals surface area contributed by atoms with Crippen LogP contribution in [0.4, 0.5) is 4.79 Å². The van der Waals surface area contributed by atoms with Crippen LogP contribution in [0.15, 0.2) is 0 Å². The number of carbonyl (C=O) groups excluding carboxylic acids is 1. The third-order valence-electron chi connectivity index (χ3n) is 2.64. The average Bonchev–Trinajstić information content (AvgIpc) is 2.80. The number of urea groups is 1. The summed E-state index contributed by atoms with van der Waals surface area (Å²) in [6.07, 6.45) is 2.25. The van der Waals surface area contributed by atoms with Gasteiger partial charge in [-0.25, -0.2) is 4.79 Å². The highest BCUT2D eigenvalue weighted by atomic mass is 16.4. The summed E-state index contributed by atoms with van der Waals surface area (Å²) in [4.78, 5) is 21.6. The topological polar surface area (TPSA) is 78.4 Å². The zero-order valence-corrected chi connectivity index (χ0v) is 9.17. The molecule has 1 saturated carbocycles. The van der Waals surface area contributed by atoms with Crippen LogP contribution in [0.3, 0.4) is 0 Å². The maximum absolute atomic E-state index is 11.3. The van der Waals surface area contributed by atoms with Crippen LogP contribution >= 0.6 is 0 Å². The van der Waals surface area contributed by atoms with Crippen LogP contribution in [0.25, 0.3) is 0 Å². The van der Waals surface area contributed by atoms with E-state index in [1.165, 1.54) is 0 Å². The van der Waals surface area contributed by atoms with Gasteiger partial charge in [0.25, 0.3) is 0 Å². The van der Waals surface area contributed by atoms with Gasteiger partial charge in [-0.15, -0.1) is 0 Å². The van der Waals surface area contributed by atoms with Crippen molar-refractivity contribution in [1.29, 1.82) is 0 Å². The minimum Gasteiger partial charge on any atom is -0.481 e. The molecule has 0 aromatic heterocycles. The maximum Gasteiger partial charge on any atom is 0.315 e. The number of carbonyl (C=O) groups is 2. The molecule has 0 aromatic carbocycles. The summed E-state index contributed by atoms with van der Waals surface area (Å²) >= 11 is 0. The summed E-state index contributed by atoms with van der Waals surface area (Å²) in [5.74, 6) is -0.906. The molecule has 5 heteroatoms. The fraction of sp³-hybridized carbons (Fsp3) is 0.800. The van der Waals surface area contributed by atoms with Crippen molar-refractivity contribution in [3.05, 3.63) is 0 Å². The first kappa shape index (κ1) is 11.8. The normalized spacial score (nSPS) is 19.1. The number of nitrogens with one attached hydrogen (secondary N) is 2. The predicted octanol–water partition coefficient (Wildman–Crippen LogP) is 0.949. The number of carboxylic acid groups (broad SMARTS) is 1. The summed E-state index contributed by atoms with van der Waals surface area (Å²) in [5, 5.41) is 13.8. The van der Waals surface area contributed by atoms with E-state index in [1.54, 1.807) is 6.92 Å². The van der Waals surface area contributed by atoms with Crippen LogP contribution in [0.2, 0.25) is 0 Å². The first-order valence-corrected chi connectivity index (χ1v) is 5.17. The number of hydrogen-bond acceptors (Lipinski definition) is 2.